The topological polar surface area (TPSA) is 61.6 Å². The third-order valence-electron chi connectivity index (χ3n) is 4.13. The van der Waals surface area contributed by atoms with E-state index in [1.807, 2.05) is 18.2 Å². The number of benzene rings is 1. The lowest BCUT2D eigenvalue weighted by atomic mass is 10.2. The van der Waals surface area contributed by atoms with E-state index in [1.54, 1.807) is 0 Å². The lowest BCUT2D eigenvalue weighted by molar-refractivity contribution is -0.121. The Morgan fingerprint density at radius 2 is 1.81 bits per heavy atom. The van der Waals surface area contributed by atoms with Crippen LogP contribution in [0.4, 0.5) is 5.69 Å². The Hall–Kier alpha value is -0.430. The zero-order valence-electron chi connectivity index (χ0n) is 14.9. The molecule has 0 spiro atoms. The monoisotopic (exact) mass is 446 g/mol. The van der Waals surface area contributed by atoms with Gasteiger partial charge in [-0.05, 0) is 44.1 Å². The van der Waals surface area contributed by atoms with Crippen LogP contribution in [-0.2, 0) is 4.79 Å². The van der Waals surface area contributed by atoms with E-state index in [4.69, 9.17) is 17.3 Å². The first kappa shape index (κ1) is 27.8. The summed E-state index contributed by atoms with van der Waals surface area (Å²) in [7, 11) is 0. The van der Waals surface area contributed by atoms with E-state index < -0.39 is 0 Å². The summed E-state index contributed by atoms with van der Waals surface area (Å²) < 4.78 is 0. The average Bonchev–Trinajstić information content (AvgIpc) is 2.57. The molecule has 0 aliphatic carbocycles. The van der Waals surface area contributed by atoms with Gasteiger partial charge in [-0.25, -0.2) is 0 Å². The fourth-order valence-electron chi connectivity index (χ4n) is 2.78. The number of hydrogen-bond donors (Lipinski definition) is 2. The quantitative estimate of drug-likeness (QED) is 0.601. The Bertz CT molecular complexity index is 499. The van der Waals surface area contributed by atoms with Crippen LogP contribution < -0.4 is 16.0 Å². The van der Waals surface area contributed by atoms with Gasteiger partial charge >= 0.3 is 0 Å². The van der Waals surface area contributed by atoms with Crippen molar-refractivity contribution in [1.29, 1.82) is 0 Å². The molecule has 0 radical (unpaired) electrons. The maximum Gasteiger partial charge on any atom is 0.220 e. The van der Waals surface area contributed by atoms with E-state index in [-0.39, 0.29) is 43.1 Å². The van der Waals surface area contributed by atoms with Crippen LogP contribution in [0.1, 0.15) is 19.3 Å². The predicted octanol–water partition coefficient (Wildman–Crippen LogP) is 2.97. The molecule has 2 rings (SSSR count). The van der Waals surface area contributed by atoms with Gasteiger partial charge in [0.05, 0.1) is 0 Å². The van der Waals surface area contributed by atoms with Gasteiger partial charge in [0.1, 0.15) is 0 Å². The van der Waals surface area contributed by atoms with E-state index in [0.29, 0.717) is 13.0 Å². The van der Waals surface area contributed by atoms with Crippen LogP contribution in [0.2, 0.25) is 5.02 Å². The van der Waals surface area contributed by atoms with Crippen LogP contribution in [0.15, 0.2) is 24.3 Å². The number of nitrogens with one attached hydrogen (secondary N) is 1. The summed E-state index contributed by atoms with van der Waals surface area (Å²) >= 11 is 6.06. The fraction of sp³-hybridized carbons (Fsp3) is 0.588. The number of nitrogens with two attached hydrogens (primary N) is 1. The van der Waals surface area contributed by atoms with Crippen molar-refractivity contribution in [1.82, 2.24) is 10.2 Å². The van der Waals surface area contributed by atoms with Gasteiger partial charge in [-0.2, -0.15) is 0 Å². The standard InChI is InChI=1S/C17H27ClN4O.3ClH/c18-15-4-1-5-16(14-15)22-12-10-21(11-13-22)9-3-8-20-17(23)6-2-7-19;;;/h1,4-5,14H,2-3,6-13,19H2,(H,20,23);3*1H. The number of anilines is 1. The van der Waals surface area contributed by atoms with Crippen molar-refractivity contribution in [3.63, 3.8) is 0 Å². The lowest BCUT2D eigenvalue weighted by Gasteiger charge is -2.36. The fourth-order valence-corrected chi connectivity index (χ4v) is 2.97. The van der Waals surface area contributed by atoms with Gasteiger partial charge in [0, 0.05) is 49.9 Å². The molecule has 1 aromatic carbocycles. The molecule has 0 aromatic heterocycles. The lowest BCUT2D eigenvalue weighted by Crippen LogP contribution is -2.47. The van der Waals surface area contributed by atoms with Gasteiger partial charge in [-0.15, -0.1) is 37.2 Å². The summed E-state index contributed by atoms with van der Waals surface area (Å²) in [6.07, 6.45) is 2.29. The number of carbonyl (C=O) groups excluding carboxylic acids is 1. The number of rotatable bonds is 8. The minimum atomic E-state index is 0. The second-order valence-corrected chi connectivity index (χ2v) is 6.34. The maximum atomic E-state index is 11.5. The SMILES string of the molecule is Cl.Cl.Cl.NCCCC(=O)NCCCN1CCN(c2cccc(Cl)c2)CC1. The first-order valence-corrected chi connectivity index (χ1v) is 8.76. The molecule has 1 fully saturated rings. The van der Waals surface area contributed by atoms with Gasteiger partial charge < -0.3 is 16.0 Å². The minimum Gasteiger partial charge on any atom is -0.369 e. The third kappa shape index (κ3) is 10.0. The Balaban J connectivity index is 0. The van der Waals surface area contributed by atoms with Crippen molar-refractivity contribution in [2.45, 2.75) is 19.3 Å². The molecule has 1 aliphatic heterocycles. The van der Waals surface area contributed by atoms with Crippen LogP contribution >= 0.6 is 48.8 Å². The molecule has 1 heterocycles. The van der Waals surface area contributed by atoms with Gasteiger partial charge in [0.15, 0.2) is 0 Å². The van der Waals surface area contributed by atoms with E-state index in [9.17, 15) is 4.79 Å². The highest BCUT2D eigenvalue weighted by Gasteiger charge is 2.16. The summed E-state index contributed by atoms with van der Waals surface area (Å²) in [5.74, 6) is 0.112. The Morgan fingerprint density at radius 3 is 2.42 bits per heavy atom. The molecular weight excluding hydrogens is 418 g/mol. The first-order valence-electron chi connectivity index (χ1n) is 8.38. The van der Waals surface area contributed by atoms with Crippen molar-refractivity contribution in [3.05, 3.63) is 29.3 Å². The van der Waals surface area contributed by atoms with Crippen LogP contribution in [0.25, 0.3) is 0 Å². The Morgan fingerprint density at radius 1 is 1.12 bits per heavy atom. The number of hydrogen-bond acceptors (Lipinski definition) is 4. The number of carbonyl (C=O) groups is 1. The smallest absolute Gasteiger partial charge is 0.220 e. The third-order valence-corrected chi connectivity index (χ3v) is 4.36. The highest BCUT2D eigenvalue weighted by Crippen LogP contribution is 2.20. The van der Waals surface area contributed by atoms with Gasteiger partial charge in [-0.1, -0.05) is 17.7 Å². The zero-order valence-corrected chi connectivity index (χ0v) is 18.1. The Kier molecular flexibility index (Phi) is 16.7. The van der Waals surface area contributed by atoms with Crippen LogP contribution in [0.3, 0.4) is 0 Å². The molecule has 9 heteroatoms. The van der Waals surface area contributed by atoms with Gasteiger partial charge in [0.2, 0.25) is 5.91 Å². The Labute approximate surface area is 180 Å². The molecule has 5 nitrogen and oxygen atoms in total. The first-order chi connectivity index (χ1) is 11.2. The van der Waals surface area contributed by atoms with Crippen molar-refractivity contribution < 1.29 is 4.79 Å². The van der Waals surface area contributed by atoms with Crippen LogP contribution in [0.5, 0.6) is 0 Å². The molecule has 1 aromatic rings. The van der Waals surface area contributed by atoms with Gasteiger partial charge in [-0.3, -0.25) is 9.69 Å². The molecule has 1 saturated heterocycles. The highest BCUT2D eigenvalue weighted by molar-refractivity contribution is 6.30. The van der Waals surface area contributed by atoms with E-state index in [1.165, 1.54) is 5.69 Å². The van der Waals surface area contributed by atoms with Crippen molar-refractivity contribution in [2.75, 3.05) is 50.7 Å². The molecule has 1 amide bonds. The predicted molar refractivity (Wildman–Crippen MR) is 118 cm³/mol. The normalized spacial score (nSPS) is 13.8. The van der Waals surface area contributed by atoms with E-state index >= 15 is 0 Å². The van der Waals surface area contributed by atoms with Crippen molar-refractivity contribution >= 4 is 60.4 Å². The van der Waals surface area contributed by atoms with Gasteiger partial charge in [0.25, 0.3) is 0 Å². The molecule has 152 valence electrons. The summed E-state index contributed by atoms with van der Waals surface area (Å²) in [6, 6.07) is 8.03. The molecule has 0 unspecified atom stereocenters. The number of piperazine rings is 1. The summed E-state index contributed by atoms with van der Waals surface area (Å²) in [5, 5.41) is 3.74. The molecule has 0 bridgehead atoms. The molecule has 0 saturated carbocycles. The summed E-state index contributed by atoms with van der Waals surface area (Å²) in [4.78, 5) is 16.3. The molecule has 0 atom stereocenters. The summed E-state index contributed by atoms with van der Waals surface area (Å²) in [5.41, 5.74) is 6.59. The number of nitrogens with zero attached hydrogens (tertiary/aromatic N) is 2. The summed E-state index contributed by atoms with van der Waals surface area (Å²) in [6.45, 7) is 6.48. The number of halogens is 4. The van der Waals surface area contributed by atoms with E-state index in [0.717, 1.165) is 57.1 Å². The van der Waals surface area contributed by atoms with E-state index in [2.05, 4.69) is 21.2 Å². The molecular formula is C17H30Cl4N4O. The second kappa shape index (κ2) is 15.6. The van der Waals surface area contributed by atoms with Crippen LogP contribution in [0, 0.1) is 0 Å². The minimum absolute atomic E-state index is 0. The maximum absolute atomic E-state index is 11.5. The highest BCUT2D eigenvalue weighted by atomic mass is 35.5. The molecule has 3 N–H and O–H groups in total. The molecule has 1 aliphatic rings. The largest absolute Gasteiger partial charge is 0.369 e. The average molecular weight is 448 g/mol. The number of amides is 1. The zero-order chi connectivity index (χ0) is 16.5. The molecule has 26 heavy (non-hydrogen) atoms. The van der Waals surface area contributed by atoms with Crippen molar-refractivity contribution in [2.24, 2.45) is 5.73 Å². The van der Waals surface area contributed by atoms with Crippen LogP contribution in [-0.4, -0.2) is 56.6 Å². The van der Waals surface area contributed by atoms with Crippen molar-refractivity contribution in [3.8, 4) is 0 Å². The second-order valence-electron chi connectivity index (χ2n) is 5.90.